The van der Waals surface area contributed by atoms with Crippen molar-refractivity contribution in [3.63, 3.8) is 0 Å². The molecule has 0 saturated carbocycles. The van der Waals surface area contributed by atoms with Crippen molar-refractivity contribution in [1.29, 1.82) is 0 Å². The molecule has 5 nitrogen and oxygen atoms in total. The summed E-state index contributed by atoms with van der Waals surface area (Å²) in [6, 6.07) is 14.3. The molecule has 0 aliphatic rings. The van der Waals surface area contributed by atoms with Crippen LogP contribution in [-0.4, -0.2) is 27.4 Å². The van der Waals surface area contributed by atoms with E-state index in [0.717, 1.165) is 28.1 Å². The predicted octanol–water partition coefficient (Wildman–Crippen LogP) is 4.58. The molecule has 0 amide bonds. The number of aryl methyl sites for hydroxylation is 1. The molecular weight excluding hydrogens is 369 g/mol. The molecule has 0 bridgehead atoms. The third-order valence-corrected chi connectivity index (χ3v) is 4.99. The summed E-state index contributed by atoms with van der Waals surface area (Å²) in [7, 11) is 0. The summed E-state index contributed by atoms with van der Waals surface area (Å²) in [6.45, 7) is 6.62. The number of rotatable bonds is 8. The number of aromatic nitrogens is 2. The largest absolute Gasteiger partial charge is 0.481 e. The van der Waals surface area contributed by atoms with Crippen molar-refractivity contribution in [1.82, 2.24) is 15.1 Å². The Bertz CT molecular complexity index is 994. The molecule has 1 heterocycles. The Hall–Kier alpha value is -2.99. The average Bonchev–Trinajstić information content (AvgIpc) is 3.10. The highest BCUT2D eigenvalue weighted by molar-refractivity contribution is 5.73. The normalized spacial score (nSPS) is 11.6. The number of carbonyl (C=O) groups is 1. The number of hydrogen-bond donors (Lipinski definition) is 2. The first-order valence-electron chi connectivity index (χ1n) is 9.62. The number of hydrogen-bond acceptors (Lipinski definition) is 3. The van der Waals surface area contributed by atoms with E-state index >= 15 is 0 Å². The van der Waals surface area contributed by atoms with Crippen LogP contribution in [0.5, 0.6) is 0 Å². The van der Waals surface area contributed by atoms with Crippen LogP contribution in [0.1, 0.15) is 31.4 Å². The second kappa shape index (κ2) is 8.57. The molecule has 0 spiro atoms. The van der Waals surface area contributed by atoms with Gasteiger partial charge in [0.25, 0.3) is 0 Å². The van der Waals surface area contributed by atoms with Gasteiger partial charge in [-0.15, -0.1) is 0 Å². The summed E-state index contributed by atoms with van der Waals surface area (Å²) < 4.78 is 15.0. The standard InChI is InChI=1S/C23H26FN3O2/c1-16-5-4-6-17(13-16)21-18(14-25-12-11-23(2,3)22(28)29)15-27(26-21)20-9-7-19(24)8-10-20/h4-10,13,15,25H,11-12,14H2,1-3H3,(H,28,29). The van der Waals surface area contributed by atoms with Gasteiger partial charge in [-0.3, -0.25) is 4.79 Å². The van der Waals surface area contributed by atoms with Gasteiger partial charge in [-0.25, -0.2) is 9.07 Å². The Morgan fingerprint density at radius 1 is 1.21 bits per heavy atom. The fourth-order valence-electron chi connectivity index (χ4n) is 3.03. The molecule has 0 unspecified atom stereocenters. The SMILES string of the molecule is Cc1cccc(-c2nn(-c3ccc(F)cc3)cc2CNCCC(C)(C)C(=O)O)c1. The Morgan fingerprint density at radius 2 is 1.93 bits per heavy atom. The molecular formula is C23H26FN3O2. The molecule has 6 heteroatoms. The van der Waals surface area contributed by atoms with E-state index < -0.39 is 11.4 Å². The second-order valence-corrected chi connectivity index (χ2v) is 7.91. The highest BCUT2D eigenvalue weighted by Crippen LogP contribution is 2.25. The van der Waals surface area contributed by atoms with Crippen LogP contribution in [0.3, 0.4) is 0 Å². The molecule has 1 aromatic heterocycles. The first-order chi connectivity index (χ1) is 13.8. The number of benzene rings is 2. The predicted molar refractivity (Wildman–Crippen MR) is 111 cm³/mol. The number of halogens is 1. The lowest BCUT2D eigenvalue weighted by atomic mass is 9.90. The minimum Gasteiger partial charge on any atom is -0.481 e. The molecule has 0 aliphatic heterocycles. The number of carboxylic acids is 1. The van der Waals surface area contributed by atoms with E-state index in [1.165, 1.54) is 12.1 Å². The third kappa shape index (κ3) is 5.09. The summed E-state index contributed by atoms with van der Waals surface area (Å²) in [5.41, 5.74) is 3.99. The van der Waals surface area contributed by atoms with Crippen LogP contribution in [0.15, 0.2) is 54.7 Å². The van der Waals surface area contributed by atoms with Crippen LogP contribution in [-0.2, 0) is 11.3 Å². The Balaban J connectivity index is 1.84. The number of nitrogens with zero attached hydrogens (tertiary/aromatic N) is 2. The molecule has 3 rings (SSSR count). The van der Waals surface area contributed by atoms with Gasteiger partial charge >= 0.3 is 5.97 Å². The zero-order chi connectivity index (χ0) is 21.0. The quantitative estimate of drug-likeness (QED) is 0.548. The van der Waals surface area contributed by atoms with Crippen molar-refractivity contribution >= 4 is 5.97 Å². The van der Waals surface area contributed by atoms with Gasteiger partial charge in [0.05, 0.1) is 16.8 Å². The van der Waals surface area contributed by atoms with Gasteiger partial charge in [0.1, 0.15) is 5.82 Å². The van der Waals surface area contributed by atoms with E-state index in [-0.39, 0.29) is 5.82 Å². The van der Waals surface area contributed by atoms with E-state index in [9.17, 15) is 14.3 Å². The summed E-state index contributed by atoms with van der Waals surface area (Å²) in [5.74, 6) is -1.09. The number of aliphatic carboxylic acids is 1. The lowest BCUT2D eigenvalue weighted by Crippen LogP contribution is -2.28. The van der Waals surface area contributed by atoms with E-state index in [1.807, 2.05) is 31.3 Å². The number of nitrogens with one attached hydrogen (secondary N) is 1. The second-order valence-electron chi connectivity index (χ2n) is 7.91. The van der Waals surface area contributed by atoms with Crippen LogP contribution in [0.25, 0.3) is 16.9 Å². The maximum Gasteiger partial charge on any atom is 0.309 e. The van der Waals surface area contributed by atoms with Gasteiger partial charge in [0.15, 0.2) is 0 Å². The van der Waals surface area contributed by atoms with Gasteiger partial charge < -0.3 is 10.4 Å². The van der Waals surface area contributed by atoms with Crippen molar-refractivity contribution in [2.24, 2.45) is 5.41 Å². The van der Waals surface area contributed by atoms with Gasteiger partial charge in [0.2, 0.25) is 0 Å². The molecule has 0 aliphatic carbocycles. The Morgan fingerprint density at radius 3 is 2.59 bits per heavy atom. The molecule has 2 N–H and O–H groups in total. The van der Waals surface area contributed by atoms with Crippen molar-refractivity contribution in [2.75, 3.05) is 6.54 Å². The maximum atomic E-state index is 13.3. The molecule has 2 aromatic carbocycles. The highest BCUT2D eigenvalue weighted by Gasteiger charge is 2.26. The Labute approximate surface area is 170 Å². The van der Waals surface area contributed by atoms with E-state index in [0.29, 0.717) is 19.5 Å². The van der Waals surface area contributed by atoms with Gasteiger partial charge in [-0.05, 0) is 64.1 Å². The lowest BCUT2D eigenvalue weighted by Gasteiger charge is -2.18. The Kier molecular flexibility index (Phi) is 6.13. The zero-order valence-corrected chi connectivity index (χ0v) is 16.9. The molecule has 0 atom stereocenters. The summed E-state index contributed by atoms with van der Waals surface area (Å²) in [4.78, 5) is 11.3. The van der Waals surface area contributed by atoms with Gasteiger partial charge in [-0.1, -0.05) is 23.8 Å². The van der Waals surface area contributed by atoms with E-state index in [1.54, 1.807) is 30.7 Å². The van der Waals surface area contributed by atoms with Gasteiger partial charge in [0, 0.05) is 23.9 Å². The van der Waals surface area contributed by atoms with Crippen molar-refractivity contribution in [3.8, 4) is 16.9 Å². The van der Waals surface area contributed by atoms with Crippen LogP contribution in [0, 0.1) is 18.2 Å². The fourth-order valence-corrected chi connectivity index (χ4v) is 3.03. The van der Waals surface area contributed by atoms with Crippen LogP contribution < -0.4 is 5.32 Å². The van der Waals surface area contributed by atoms with Crippen LogP contribution in [0.2, 0.25) is 0 Å². The zero-order valence-electron chi connectivity index (χ0n) is 16.9. The van der Waals surface area contributed by atoms with Crippen LogP contribution >= 0.6 is 0 Å². The maximum absolute atomic E-state index is 13.3. The first-order valence-corrected chi connectivity index (χ1v) is 9.62. The smallest absolute Gasteiger partial charge is 0.309 e. The number of carboxylic acid groups (broad SMARTS) is 1. The molecule has 0 radical (unpaired) electrons. The first kappa shape index (κ1) is 20.7. The third-order valence-electron chi connectivity index (χ3n) is 4.99. The van der Waals surface area contributed by atoms with E-state index in [2.05, 4.69) is 11.4 Å². The lowest BCUT2D eigenvalue weighted by molar-refractivity contribution is -0.147. The molecule has 0 fully saturated rings. The monoisotopic (exact) mass is 395 g/mol. The summed E-state index contributed by atoms with van der Waals surface area (Å²) in [5, 5.41) is 17.3. The molecule has 0 saturated heterocycles. The summed E-state index contributed by atoms with van der Waals surface area (Å²) in [6.07, 6.45) is 2.45. The minimum atomic E-state index is -0.802. The minimum absolute atomic E-state index is 0.289. The van der Waals surface area contributed by atoms with Gasteiger partial charge in [-0.2, -0.15) is 5.10 Å². The average molecular weight is 395 g/mol. The highest BCUT2D eigenvalue weighted by atomic mass is 19.1. The molecule has 29 heavy (non-hydrogen) atoms. The van der Waals surface area contributed by atoms with Crippen molar-refractivity contribution in [3.05, 3.63) is 71.7 Å². The van der Waals surface area contributed by atoms with Crippen molar-refractivity contribution < 1.29 is 14.3 Å². The van der Waals surface area contributed by atoms with Crippen molar-refractivity contribution in [2.45, 2.75) is 33.7 Å². The molecule has 3 aromatic rings. The molecule has 152 valence electrons. The van der Waals surface area contributed by atoms with E-state index in [4.69, 9.17) is 5.10 Å². The summed E-state index contributed by atoms with van der Waals surface area (Å²) >= 11 is 0. The fraction of sp³-hybridized carbons (Fsp3) is 0.304. The van der Waals surface area contributed by atoms with Crippen LogP contribution in [0.4, 0.5) is 4.39 Å². The topological polar surface area (TPSA) is 67.2 Å².